The monoisotopic (exact) mass is 200 g/mol. The molecule has 0 amide bonds. The zero-order valence-electron chi connectivity index (χ0n) is 7.33. The molecule has 0 radical (unpaired) electrons. The highest BCUT2D eigenvalue weighted by atomic mass is 35.5. The first kappa shape index (κ1) is 14.0. The predicted molar refractivity (Wildman–Crippen MR) is 53.8 cm³/mol. The smallest absolute Gasteiger partial charge is 0.0301 e. The molecule has 0 spiro atoms. The van der Waals surface area contributed by atoms with Crippen molar-refractivity contribution in [3.8, 4) is 0 Å². The summed E-state index contributed by atoms with van der Waals surface area (Å²) < 4.78 is 0. The lowest BCUT2D eigenvalue weighted by Crippen LogP contribution is -2.46. The molecule has 1 aliphatic heterocycles. The highest BCUT2D eigenvalue weighted by Gasteiger charge is 2.35. The fourth-order valence-corrected chi connectivity index (χ4v) is 1.26. The number of rotatable bonds is 0. The molecule has 4 heteroatoms. The maximum absolute atomic E-state index is 5.86. The number of halogens is 2. The summed E-state index contributed by atoms with van der Waals surface area (Å²) in [6.07, 6.45) is 1.14. The van der Waals surface area contributed by atoms with E-state index in [1.807, 2.05) is 0 Å². The van der Waals surface area contributed by atoms with Crippen LogP contribution in [0.1, 0.15) is 20.3 Å². The molecule has 2 N–H and O–H groups in total. The van der Waals surface area contributed by atoms with E-state index >= 15 is 0 Å². The van der Waals surface area contributed by atoms with Gasteiger partial charge in [0.15, 0.2) is 0 Å². The predicted octanol–water partition coefficient (Wildman–Crippen LogP) is 1.27. The Labute approximate surface area is 81.3 Å². The maximum Gasteiger partial charge on any atom is 0.0301 e. The van der Waals surface area contributed by atoms with Crippen molar-refractivity contribution in [3.63, 3.8) is 0 Å². The van der Waals surface area contributed by atoms with Crippen molar-refractivity contribution in [3.05, 3.63) is 0 Å². The molecule has 0 aromatic rings. The van der Waals surface area contributed by atoms with E-state index < -0.39 is 0 Å². The zero-order valence-corrected chi connectivity index (χ0v) is 8.97. The van der Waals surface area contributed by atoms with Crippen molar-refractivity contribution in [2.24, 2.45) is 5.73 Å². The van der Waals surface area contributed by atoms with E-state index in [9.17, 15) is 0 Å². The summed E-state index contributed by atoms with van der Waals surface area (Å²) in [6, 6.07) is 0.363. The molecule has 2 nitrogen and oxygen atoms in total. The standard InChI is InChI=1S/C7H16N2.2ClH/c1-7(2)6(8)4-5-9(7)3;;/h6H,4-5,8H2,1-3H3;2*1H. The topological polar surface area (TPSA) is 29.3 Å². The molecule has 11 heavy (non-hydrogen) atoms. The molecule has 0 aromatic heterocycles. The Morgan fingerprint density at radius 3 is 1.91 bits per heavy atom. The Morgan fingerprint density at radius 1 is 1.36 bits per heavy atom. The van der Waals surface area contributed by atoms with E-state index in [1.54, 1.807) is 0 Å². The van der Waals surface area contributed by atoms with Crippen LogP contribution in [0.5, 0.6) is 0 Å². The Balaban J connectivity index is 0. The van der Waals surface area contributed by atoms with Crippen molar-refractivity contribution >= 4 is 24.8 Å². The number of nitrogens with two attached hydrogens (primary N) is 1. The number of likely N-dealkylation sites (tertiary alicyclic amines) is 1. The molecule has 1 fully saturated rings. The van der Waals surface area contributed by atoms with E-state index in [4.69, 9.17) is 5.73 Å². The van der Waals surface area contributed by atoms with Gasteiger partial charge in [0, 0.05) is 11.6 Å². The van der Waals surface area contributed by atoms with Crippen LogP contribution < -0.4 is 5.73 Å². The third kappa shape index (κ3) is 2.48. The van der Waals surface area contributed by atoms with Crippen LogP contribution in [0.3, 0.4) is 0 Å². The lowest BCUT2D eigenvalue weighted by atomic mass is 9.97. The summed E-state index contributed by atoms with van der Waals surface area (Å²) in [4.78, 5) is 2.32. The third-order valence-electron chi connectivity index (χ3n) is 2.67. The molecular weight excluding hydrogens is 183 g/mol. The Hall–Kier alpha value is 0.500. The molecule has 0 aromatic carbocycles. The summed E-state index contributed by atoms with van der Waals surface area (Å²) in [5.74, 6) is 0. The van der Waals surface area contributed by atoms with Gasteiger partial charge in [-0.1, -0.05) is 0 Å². The van der Waals surface area contributed by atoms with Crippen LogP contribution in [0.15, 0.2) is 0 Å². The Kier molecular flexibility index (Phi) is 5.76. The Bertz CT molecular complexity index is 105. The van der Waals surface area contributed by atoms with Crippen LogP contribution >= 0.6 is 24.8 Å². The average molecular weight is 201 g/mol. The number of likely N-dealkylation sites (N-methyl/N-ethyl adjacent to an activating group) is 1. The lowest BCUT2D eigenvalue weighted by molar-refractivity contribution is 0.202. The second-order valence-electron chi connectivity index (χ2n) is 3.47. The molecule has 1 saturated heterocycles. The van der Waals surface area contributed by atoms with Gasteiger partial charge in [-0.25, -0.2) is 0 Å². The summed E-state index contributed by atoms with van der Waals surface area (Å²) >= 11 is 0. The van der Waals surface area contributed by atoms with Crippen LogP contribution in [-0.2, 0) is 0 Å². The molecule has 0 aliphatic carbocycles. The van der Waals surface area contributed by atoms with Gasteiger partial charge in [-0.05, 0) is 33.9 Å². The van der Waals surface area contributed by atoms with Crippen LogP contribution in [-0.4, -0.2) is 30.1 Å². The lowest BCUT2D eigenvalue weighted by Gasteiger charge is -2.31. The van der Waals surface area contributed by atoms with Crippen molar-refractivity contribution < 1.29 is 0 Å². The van der Waals surface area contributed by atoms with Gasteiger partial charge in [-0.2, -0.15) is 0 Å². The summed E-state index contributed by atoms with van der Waals surface area (Å²) in [6.45, 7) is 5.55. The molecule has 0 saturated carbocycles. The van der Waals surface area contributed by atoms with Crippen LogP contribution in [0.25, 0.3) is 0 Å². The van der Waals surface area contributed by atoms with Crippen molar-refractivity contribution in [2.45, 2.75) is 31.8 Å². The van der Waals surface area contributed by atoms with E-state index in [0.717, 1.165) is 13.0 Å². The number of hydrogen-bond acceptors (Lipinski definition) is 2. The van der Waals surface area contributed by atoms with E-state index in [2.05, 4.69) is 25.8 Å². The summed E-state index contributed by atoms with van der Waals surface area (Å²) in [5, 5.41) is 0. The van der Waals surface area contributed by atoms with Crippen molar-refractivity contribution in [1.29, 1.82) is 0 Å². The first-order valence-electron chi connectivity index (χ1n) is 3.52. The minimum absolute atomic E-state index is 0. The van der Waals surface area contributed by atoms with Gasteiger partial charge in [0.25, 0.3) is 0 Å². The fraction of sp³-hybridized carbons (Fsp3) is 1.00. The van der Waals surface area contributed by atoms with Crippen LogP contribution in [0.2, 0.25) is 0 Å². The van der Waals surface area contributed by atoms with Crippen molar-refractivity contribution in [1.82, 2.24) is 4.90 Å². The minimum atomic E-state index is 0. The molecule has 1 heterocycles. The normalized spacial score (nSPS) is 28.9. The van der Waals surface area contributed by atoms with Gasteiger partial charge in [-0.3, -0.25) is 4.90 Å². The highest BCUT2D eigenvalue weighted by Crippen LogP contribution is 2.24. The van der Waals surface area contributed by atoms with Gasteiger partial charge in [0.05, 0.1) is 0 Å². The van der Waals surface area contributed by atoms with E-state index in [-0.39, 0.29) is 30.4 Å². The van der Waals surface area contributed by atoms with Gasteiger partial charge in [0.2, 0.25) is 0 Å². The first-order chi connectivity index (χ1) is 4.05. The fourth-order valence-electron chi connectivity index (χ4n) is 1.26. The molecule has 1 atom stereocenters. The zero-order chi connectivity index (χ0) is 7.07. The summed E-state index contributed by atoms with van der Waals surface area (Å²) in [5.41, 5.74) is 6.08. The maximum atomic E-state index is 5.86. The van der Waals surface area contributed by atoms with Gasteiger partial charge >= 0.3 is 0 Å². The average Bonchev–Trinajstić information content (AvgIpc) is 1.96. The number of nitrogens with zero attached hydrogens (tertiary/aromatic N) is 1. The first-order valence-corrected chi connectivity index (χ1v) is 3.52. The highest BCUT2D eigenvalue weighted by molar-refractivity contribution is 5.85. The largest absolute Gasteiger partial charge is 0.326 e. The molecule has 1 unspecified atom stereocenters. The quantitative estimate of drug-likeness (QED) is 0.639. The SMILES string of the molecule is CN1CCC(N)C1(C)C.Cl.Cl. The minimum Gasteiger partial charge on any atom is -0.326 e. The summed E-state index contributed by atoms with van der Waals surface area (Å²) in [7, 11) is 2.13. The van der Waals surface area contributed by atoms with Crippen LogP contribution in [0, 0.1) is 0 Å². The van der Waals surface area contributed by atoms with Gasteiger partial charge in [0.1, 0.15) is 0 Å². The molecule has 1 aliphatic rings. The molecule has 1 rings (SSSR count). The molecular formula is C7H18Cl2N2. The van der Waals surface area contributed by atoms with Gasteiger partial charge < -0.3 is 5.73 Å². The third-order valence-corrected chi connectivity index (χ3v) is 2.67. The van der Waals surface area contributed by atoms with E-state index in [0.29, 0.717) is 6.04 Å². The second kappa shape index (κ2) is 4.51. The molecule has 0 bridgehead atoms. The molecule has 70 valence electrons. The van der Waals surface area contributed by atoms with Gasteiger partial charge in [-0.15, -0.1) is 24.8 Å². The second-order valence-corrected chi connectivity index (χ2v) is 3.47. The van der Waals surface area contributed by atoms with Crippen LogP contribution in [0.4, 0.5) is 0 Å². The Morgan fingerprint density at radius 2 is 1.82 bits per heavy atom. The van der Waals surface area contributed by atoms with E-state index in [1.165, 1.54) is 0 Å². The van der Waals surface area contributed by atoms with Crippen molar-refractivity contribution in [2.75, 3.05) is 13.6 Å². The number of hydrogen-bond donors (Lipinski definition) is 1.